The van der Waals surface area contributed by atoms with Crippen molar-refractivity contribution in [1.82, 2.24) is 14.9 Å². The number of pyridine rings is 1. The molecule has 160 valence electrons. The van der Waals surface area contributed by atoms with Crippen molar-refractivity contribution in [3.63, 3.8) is 0 Å². The Morgan fingerprint density at radius 3 is 2.77 bits per heavy atom. The normalized spacial score (nSPS) is 18.6. The Morgan fingerprint density at radius 2 is 1.94 bits per heavy atom. The second-order valence-electron chi connectivity index (χ2n) is 8.38. The van der Waals surface area contributed by atoms with Crippen molar-refractivity contribution in [1.29, 1.82) is 0 Å². The first-order chi connectivity index (χ1) is 15.2. The minimum absolute atomic E-state index is 0.253. The van der Waals surface area contributed by atoms with Crippen molar-refractivity contribution in [2.24, 2.45) is 5.92 Å². The van der Waals surface area contributed by atoms with Gasteiger partial charge < -0.3 is 14.4 Å². The van der Waals surface area contributed by atoms with Crippen LogP contribution in [-0.2, 0) is 4.74 Å². The van der Waals surface area contributed by atoms with E-state index < -0.39 is 0 Å². The molecule has 5 rings (SSSR count). The smallest absolute Gasteiger partial charge is 0.167 e. The van der Waals surface area contributed by atoms with Crippen LogP contribution in [0.25, 0.3) is 21.2 Å². The Labute approximate surface area is 187 Å². The molecule has 2 aliphatic rings. The Balaban J connectivity index is 1.37. The maximum Gasteiger partial charge on any atom is 0.167 e. The number of rotatable bonds is 3. The number of fused-ring (bicyclic) bond motifs is 1. The number of aromatic nitrogens is 2. The van der Waals surface area contributed by atoms with Crippen LogP contribution in [0, 0.1) is 17.8 Å². The summed E-state index contributed by atoms with van der Waals surface area (Å²) in [6.45, 7) is 3.78. The molecule has 0 unspecified atom stereocenters. The van der Waals surface area contributed by atoms with Gasteiger partial charge in [-0.05, 0) is 50.3 Å². The van der Waals surface area contributed by atoms with Crippen LogP contribution >= 0.6 is 11.3 Å². The molecule has 2 fully saturated rings. The average Bonchev–Trinajstić information content (AvgIpc) is 3.29. The van der Waals surface area contributed by atoms with Gasteiger partial charge in [-0.1, -0.05) is 18.1 Å². The Kier molecular flexibility index (Phi) is 6.17. The van der Waals surface area contributed by atoms with E-state index in [0.29, 0.717) is 5.92 Å². The molecule has 0 saturated carbocycles. The molecular formula is C25H27N3O2S. The summed E-state index contributed by atoms with van der Waals surface area (Å²) in [5.74, 6) is 7.95. The summed E-state index contributed by atoms with van der Waals surface area (Å²) in [5, 5.41) is 3.08. The highest BCUT2D eigenvalue weighted by Crippen LogP contribution is 2.33. The summed E-state index contributed by atoms with van der Waals surface area (Å²) in [4.78, 5) is 12.4. The largest absolute Gasteiger partial charge is 0.488 e. The highest BCUT2D eigenvalue weighted by Gasteiger charge is 2.19. The van der Waals surface area contributed by atoms with Crippen LogP contribution in [0.2, 0.25) is 0 Å². The van der Waals surface area contributed by atoms with Gasteiger partial charge in [-0.3, -0.25) is 4.98 Å². The predicted molar refractivity (Wildman–Crippen MR) is 124 cm³/mol. The quantitative estimate of drug-likeness (QED) is 0.565. The van der Waals surface area contributed by atoms with E-state index in [1.54, 1.807) is 11.3 Å². The van der Waals surface area contributed by atoms with Gasteiger partial charge in [-0.25, -0.2) is 4.98 Å². The van der Waals surface area contributed by atoms with Crippen LogP contribution in [0.5, 0.6) is 5.75 Å². The second-order valence-corrected chi connectivity index (χ2v) is 9.41. The van der Waals surface area contributed by atoms with Crippen LogP contribution in [0.3, 0.4) is 0 Å². The fraction of sp³-hybridized carbons (Fsp3) is 0.440. The van der Waals surface area contributed by atoms with Crippen molar-refractivity contribution in [3.8, 4) is 28.0 Å². The lowest BCUT2D eigenvalue weighted by Gasteiger charge is -2.29. The zero-order chi connectivity index (χ0) is 21.0. The first-order valence-electron chi connectivity index (χ1n) is 11.0. The molecule has 1 aromatic carbocycles. The predicted octanol–water partition coefficient (Wildman–Crippen LogP) is 4.61. The molecule has 4 heterocycles. The second kappa shape index (κ2) is 9.35. The lowest BCUT2D eigenvalue weighted by atomic mass is 10.0. The van der Waals surface area contributed by atoms with Crippen LogP contribution < -0.4 is 4.74 Å². The number of piperidine rings is 1. The van der Waals surface area contributed by atoms with Gasteiger partial charge in [0.1, 0.15) is 11.9 Å². The van der Waals surface area contributed by atoms with Gasteiger partial charge in [0.15, 0.2) is 5.01 Å². The molecule has 31 heavy (non-hydrogen) atoms. The van der Waals surface area contributed by atoms with Crippen molar-refractivity contribution in [2.45, 2.75) is 31.8 Å². The molecule has 0 N–H and O–H groups in total. The third-order valence-corrected chi connectivity index (χ3v) is 7.04. The van der Waals surface area contributed by atoms with Crippen molar-refractivity contribution in [2.75, 3.05) is 33.4 Å². The molecule has 0 spiro atoms. The van der Waals surface area contributed by atoms with Gasteiger partial charge in [0.05, 0.1) is 11.1 Å². The summed E-state index contributed by atoms with van der Waals surface area (Å²) >= 11 is 1.65. The summed E-state index contributed by atoms with van der Waals surface area (Å²) in [6.07, 6.45) is 10.1. The minimum atomic E-state index is 0.253. The molecule has 0 atom stereocenters. The molecule has 0 bridgehead atoms. The molecule has 5 nitrogen and oxygen atoms in total. The molecule has 6 heteroatoms. The van der Waals surface area contributed by atoms with Crippen LogP contribution in [0.4, 0.5) is 0 Å². The highest BCUT2D eigenvalue weighted by molar-refractivity contribution is 7.15. The van der Waals surface area contributed by atoms with E-state index in [1.807, 2.05) is 18.6 Å². The van der Waals surface area contributed by atoms with E-state index in [0.717, 1.165) is 84.0 Å². The number of hydrogen-bond acceptors (Lipinski definition) is 6. The first-order valence-corrected chi connectivity index (χ1v) is 11.8. The lowest BCUT2D eigenvalue weighted by Crippen LogP contribution is -2.35. The van der Waals surface area contributed by atoms with Gasteiger partial charge >= 0.3 is 0 Å². The van der Waals surface area contributed by atoms with Gasteiger partial charge in [0.25, 0.3) is 0 Å². The van der Waals surface area contributed by atoms with Gasteiger partial charge in [-0.15, -0.1) is 11.3 Å². The minimum Gasteiger partial charge on any atom is -0.488 e. The summed E-state index contributed by atoms with van der Waals surface area (Å²) in [6, 6.07) is 6.45. The summed E-state index contributed by atoms with van der Waals surface area (Å²) < 4.78 is 11.8. The number of thiazole rings is 1. The maximum atomic E-state index is 6.38. The summed E-state index contributed by atoms with van der Waals surface area (Å²) in [7, 11) is 2.17. The Hall–Kier alpha value is -2.46. The van der Waals surface area contributed by atoms with Crippen molar-refractivity contribution >= 4 is 22.1 Å². The fourth-order valence-electron chi connectivity index (χ4n) is 4.14. The third kappa shape index (κ3) is 4.90. The van der Waals surface area contributed by atoms with E-state index in [2.05, 4.69) is 52.0 Å². The molecular weight excluding hydrogens is 406 g/mol. The maximum absolute atomic E-state index is 6.38. The monoisotopic (exact) mass is 433 g/mol. The number of likely N-dealkylation sites (tertiary alicyclic amines) is 1. The van der Waals surface area contributed by atoms with E-state index in [9.17, 15) is 0 Å². The standard InChI is InChI=1S/C25H27N3O2S/c1-28-10-6-21(7-11-28)30-23-16-26-15-20-4-3-19(14-22(20)23)24-17-27-25(31-24)5-2-18-8-12-29-13-9-18/h3-4,14-18,21H,6-13H2,1H3. The molecule has 2 saturated heterocycles. The topological polar surface area (TPSA) is 47.5 Å². The van der Waals surface area contributed by atoms with Crippen LogP contribution in [-0.4, -0.2) is 54.3 Å². The van der Waals surface area contributed by atoms with E-state index in [1.165, 1.54) is 0 Å². The zero-order valence-corrected chi connectivity index (χ0v) is 18.7. The number of ether oxygens (including phenoxy) is 2. The third-order valence-electron chi connectivity index (χ3n) is 6.08. The molecule has 0 amide bonds. The molecule has 0 aliphatic carbocycles. The molecule has 0 radical (unpaired) electrons. The van der Waals surface area contributed by atoms with Gasteiger partial charge in [-0.2, -0.15) is 0 Å². The van der Waals surface area contributed by atoms with Gasteiger partial charge in [0, 0.05) is 55.4 Å². The molecule has 2 aromatic heterocycles. The molecule has 2 aliphatic heterocycles. The zero-order valence-electron chi connectivity index (χ0n) is 17.8. The highest BCUT2D eigenvalue weighted by atomic mass is 32.1. The van der Waals surface area contributed by atoms with Crippen molar-refractivity contribution < 1.29 is 9.47 Å². The molecule has 3 aromatic rings. The van der Waals surface area contributed by atoms with Gasteiger partial charge in [0.2, 0.25) is 0 Å². The van der Waals surface area contributed by atoms with Crippen molar-refractivity contribution in [3.05, 3.63) is 41.8 Å². The SMILES string of the molecule is CN1CCC(Oc2cncc3ccc(-c4cnc(C#CC5CCOCC5)s4)cc23)CC1. The van der Waals surface area contributed by atoms with Crippen LogP contribution in [0.1, 0.15) is 30.7 Å². The fourth-order valence-corrected chi connectivity index (χ4v) is 4.91. The number of benzene rings is 1. The Bertz CT molecular complexity index is 1100. The number of nitrogens with zero attached hydrogens (tertiary/aromatic N) is 3. The first kappa shape index (κ1) is 20.4. The lowest BCUT2D eigenvalue weighted by molar-refractivity contribution is 0.0807. The van der Waals surface area contributed by atoms with E-state index >= 15 is 0 Å². The van der Waals surface area contributed by atoms with E-state index in [-0.39, 0.29) is 6.10 Å². The summed E-state index contributed by atoms with van der Waals surface area (Å²) in [5.41, 5.74) is 1.14. The Morgan fingerprint density at radius 1 is 1.10 bits per heavy atom. The van der Waals surface area contributed by atoms with Crippen LogP contribution in [0.15, 0.2) is 36.8 Å². The van der Waals surface area contributed by atoms with E-state index in [4.69, 9.17) is 9.47 Å². The number of hydrogen-bond donors (Lipinski definition) is 0. The average molecular weight is 434 g/mol.